The molecule has 9 heteroatoms. The molecular weight excluding hydrogens is 468 g/mol. The van der Waals surface area contributed by atoms with E-state index in [2.05, 4.69) is 63.5 Å². The molecule has 2 aromatic carbocycles. The Kier molecular flexibility index (Phi) is 8.45. The molecule has 9 nitrogen and oxygen atoms in total. The van der Waals surface area contributed by atoms with Gasteiger partial charge in [0.05, 0.1) is 18.2 Å². The molecular formula is C28H34N6O3. The van der Waals surface area contributed by atoms with Crippen molar-refractivity contribution in [3.63, 3.8) is 0 Å². The average molecular weight is 503 g/mol. The zero-order chi connectivity index (χ0) is 26.4. The van der Waals surface area contributed by atoms with Crippen molar-refractivity contribution < 1.29 is 9.53 Å². The first-order chi connectivity index (χ1) is 17.9. The molecule has 0 bridgehead atoms. The summed E-state index contributed by atoms with van der Waals surface area (Å²) >= 11 is 0. The fourth-order valence-corrected chi connectivity index (χ4v) is 4.83. The van der Waals surface area contributed by atoms with Gasteiger partial charge in [0.1, 0.15) is 6.54 Å². The number of H-pyrrole nitrogens is 1. The van der Waals surface area contributed by atoms with E-state index in [4.69, 9.17) is 4.74 Å². The highest BCUT2D eigenvalue weighted by Gasteiger charge is 2.26. The quantitative estimate of drug-likeness (QED) is 0.310. The van der Waals surface area contributed by atoms with E-state index < -0.39 is 5.97 Å². The topological polar surface area (TPSA) is 106 Å². The Morgan fingerprint density at radius 2 is 1.92 bits per heavy atom. The number of nitrogens with zero attached hydrogens (tertiary/aromatic N) is 5. The summed E-state index contributed by atoms with van der Waals surface area (Å²) in [6, 6.07) is 16.2. The number of pyridine rings is 1. The molecule has 0 saturated heterocycles. The minimum absolute atomic E-state index is 0.0612. The fraction of sp³-hybridized carbons (Fsp3) is 0.393. The third kappa shape index (κ3) is 6.29. The van der Waals surface area contributed by atoms with Gasteiger partial charge in [-0.05, 0) is 72.7 Å². The SMILES string of the molecule is CCOC(=O)Cn1nnnc1[C@@H](CC)N(CCc1ccccc1)Cc1cc2cc(C)cc(C)c2[nH]c1=O. The molecule has 2 heterocycles. The molecule has 1 atom stereocenters. The second-order valence-corrected chi connectivity index (χ2v) is 9.30. The molecule has 0 aliphatic heterocycles. The summed E-state index contributed by atoms with van der Waals surface area (Å²) < 4.78 is 6.61. The molecule has 4 rings (SSSR count). The van der Waals surface area contributed by atoms with Gasteiger partial charge in [-0.3, -0.25) is 14.5 Å². The number of carbonyl (C=O) groups is 1. The van der Waals surface area contributed by atoms with Crippen molar-refractivity contribution in [1.82, 2.24) is 30.1 Å². The van der Waals surface area contributed by atoms with Crippen LogP contribution in [0.2, 0.25) is 0 Å². The van der Waals surface area contributed by atoms with E-state index in [-0.39, 0.29) is 18.1 Å². The van der Waals surface area contributed by atoms with Gasteiger partial charge in [-0.25, -0.2) is 4.68 Å². The molecule has 2 aromatic heterocycles. The van der Waals surface area contributed by atoms with Gasteiger partial charge in [0.25, 0.3) is 5.56 Å². The van der Waals surface area contributed by atoms with Crippen LogP contribution in [0.15, 0.2) is 53.3 Å². The van der Waals surface area contributed by atoms with Gasteiger partial charge in [0.2, 0.25) is 0 Å². The normalized spacial score (nSPS) is 12.2. The maximum Gasteiger partial charge on any atom is 0.327 e. The van der Waals surface area contributed by atoms with E-state index in [9.17, 15) is 9.59 Å². The molecule has 0 spiro atoms. The summed E-state index contributed by atoms with van der Waals surface area (Å²) in [7, 11) is 0. The van der Waals surface area contributed by atoms with Crippen LogP contribution in [0.3, 0.4) is 0 Å². The lowest BCUT2D eigenvalue weighted by molar-refractivity contribution is -0.144. The molecule has 0 unspecified atom stereocenters. The van der Waals surface area contributed by atoms with Gasteiger partial charge in [0, 0.05) is 18.7 Å². The molecule has 0 amide bonds. The summed E-state index contributed by atoms with van der Waals surface area (Å²) in [5, 5.41) is 13.2. The monoisotopic (exact) mass is 502 g/mol. The van der Waals surface area contributed by atoms with Gasteiger partial charge >= 0.3 is 5.97 Å². The van der Waals surface area contributed by atoms with Gasteiger partial charge < -0.3 is 9.72 Å². The summed E-state index contributed by atoms with van der Waals surface area (Å²) in [6.45, 7) is 9.21. The Balaban J connectivity index is 1.69. The van der Waals surface area contributed by atoms with Gasteiger partial charge in [-0.15, -0.1) is 5.10 Å². The molecule has 0 radical (unpaired) electrons. The Hall–Kier alpha value is -3.85. The number of hydrogen-bond acceptors (Lipinski definition) is 7. The van der Waals surface area contributed by atoms with Crippen molar-refractivity contribution in [2.45, 2.75) is 59.7 Å². The van der Waals surface area contributed by atoms with Crippen molar-refractivity contribution in [2.24, 2.45) is 0 Å². The Morgan fingerprint density at radius 3 is 2.65 bits per heavy atom. The highest BCUT2D eigenvalue weighted by Crippen LogP contribution is 2.25. The Labute approximate surface area is 216 Å². The third-order valence-corrected chi connectivity index (χ3v) is 6.54. The second kappa shape index (κ2) is 11.9. The van der Waals surface area contributed by atoms with Crippen LogP contribution in [-0.4, -0.2) is 49.2 Å². The number of esters is 1. The number of hydrogen-bond donors (Lipinski definition) is 1. The molecule has 1 N–H and O–H groups in total. The lowest BCUT2D eigenvalue weighted by Crippen LogP contribution is -2.34. The van der Waals surface area contributed by atoms with Gasteiger partial charge in [-0.1, -0.05) is 48.9 Å². The number of rotatable bonds is 11. The van der Waals surface area contributed by atoms with E-state index >= 15 is 0 Å². The fourth-order valence-electron chi connectivity index (χ4n) is 4.83. The average Bonchev–Trinajstić information content (AvgIpc) is 3.32. The molecule has 0 aliphatic carbocycles. The van der Waals surface area contributed by atoms with E-state index in [1.54, 1.807) is 6.92 Å². The van der Waals surface area contributed by atoms with Crippen LogP contribution in [0.1, 0.15) is 54.4 Å². The summed E-state index contributed by atoms with van der Waals surface area (Å²) in [6.07, 6.45) is 1.49. The molecule has 194 valence electrons. The first-order valence-corrected chi connectivity index (χ1v) is 12.7. The standard InChI is InChI=1S/C28H34N6O3/c1-5-24(27-30-31-32-34(27)18-25(35)37-6-2)33(13-12-21-10-8-7-9-11-21)17-23-16-22-15-19(3)14-20(4)26(22)29-28(23)36/h7-11,14-16,24H,5-6,12-13,17-18H2,1-4H3,(H,29,36)/t24-/m1/s1. The number of ether oxygens (including phenoxy) is 1. The minimum Gasteiger partial charge on any atom is -0.465 e. The summed E-state index contributed by atoms with van der Waals surface area (Å²) in [5.41, 5.74) is 4.82. The van der Waals surface area contributed by atoms with E-state index in [0.29, 0.717) is 37.5 Å². The number of tetrazole rings is 1. The van der Waals surface area contributed by atoms with E-state index in [0.717, 1.165) is 28.5 Å². The molecule has 4 aromatic rings. The number of aromatic amines is 1. The van der Waals surface area contributed by atoms with Crippen molar-refractivity contribution in [3.05, 3.63) is 87.0 Å². The summed E-state index contributed by atoms with van der Waals surface area (Å²) in [5.74, 6) is 0.186. The van der Waals surface area contributed by atoms with Crippen LogP contribution in [0.25, 0.3) is 10.9 Å². The van der Waals surface area contributed by atoms with Crippen molar-refractivity contribution >= 4 is 16.9 Å². The van der Waals surface area contributed by atoms with Crippen molar-refractivity contribution in [1.29, 1.82) is 0 Å². The number of fused-ring (bicyclic) bond motifs is 1. The van der Waals surface area contributed by atoms with Gasteiger partial charge in [0.15, 0.2) is 5.82 Å². The highest BCUT2D eigenvalue weighted by molar-refractivity contribution is 5.82. The smallest absolute Gasteiger partial charge is 0.327 e. The Morgan fingerprint density at radius 1 is 1.14 bits per heavy atom. The number of benzene rings is 2. The lowest BCUT2D eigenvalue weighted by Gasteiger charge is -2.30. The Bertz CT molecular complexity index is 1410. The first kappa shape index (κ1) is 26.2. The predicted molar refractivity (Wildman–Crippen MR) is 142 cm³/mol. The largest absolute Gasteiger partial charge is 0.465 e. The molecule has 37 heavy (non-hydrogen) atoms. The van der Waals surface area contributed by atoms with Crippen LogP contribution in [0, 0.1) is 13.8 Å². The number of aromatic nitrogens is 5. The van der Waals surface area contributed by atoms with Crippen LogP contribution < -0.4 is 5.56 Å². The van der Waals surface area contributed by atoms with Crippen LogP contribution in [0.4, 0.5) is 0 Å². The molecule has 0 fully saturated rings. The van der Waals surface area contributed by atoms with E-state index in [1.165, 1.54) is 10.2 Å². The predicted octanol–water partition coefficient (Wildman–Crippen LogP) is 3.89. The number of nitrogens with one attached hydrogen (secondary N) is 1. The number of aryl methyl sites for hydroxylation is 2. The summed E-state index contributed by atoms with van der Waals surface area (Å²) in [4.78, 5) is 30.7. The highest BCUT2D eigenvalue weighted by atomic mass is 16.5. The van der Waals surface area contributed by atoms with Gasteiger partial charge in [-0.2, -0.15) is 0 Å². The molecule has 0 saturated carbocycles. The van der Waals surface area contributed by atoms with Crippen molar-refractivity contribution in [2.75, 3.05) is 13.2 Å². The first-order valence-electron chi connectivity index (χ1n) is 12.7. The number of carbonyl (C=O) groups excluding carboxylic acids is 1. The van der Waals surface area contributed by atoms with Crippen LogP contribution in [-0.2, 0) is 29.0 Å². The second-order valence-electron chi connectivity index (χ2n) is 9.30. The van der Waals surface area contributed by atoms with Crippen LogP contribution >= 0.6 is 0 Å². The maximum atomic E-state index is 13.2. The molecule has 0 aliphatic rings. The zero-order valence-corrected chi connectivity index (χ0v) is 21.9. The van der Waals surface area contributed by atoms with Crippen molar-refractivity contribution in [3.8, 4) is 0 Å². The minimum atomic E-state index is -0.390. The van der Waals surface area contributed by atoms with Crippen LogP contribution in [0.5, 0.6) is 0 Å². The third-order valence-electron chi connectivity index (χ3n) is 6.54. The lowest BCUT2D eigenvalue weighted by atomic mass is 10.0. The van der Waals surface area contributed by atoms with E-state index in [1.807, 2.05) is 31.2 Å². The maximum absolute atomic E-state index is 13.2. The zero-order valence-electron chi connectivity index (χ0n) is 21.9.